The minimum atomic E-state index is -1.19. The van der Waals surface area contributed by atoms with Crippen LogP contribution in [0, 0.1) is 0 Å². The molecular weight excluding hydrogens is 284 g/mol. The molecule has 2 aromatic carbocycles. The maximum absolute atomic E-state index is 10.9. The molecule has 1 unspecified atom stereocenters. The van der Waals surface area contributed by atoms with Gasteiger partial charge in [-0.25, -0.2) is 0 Å². The first-order chi connectivity index (χ1) is 10.0. The fourth-order valence-corrected chi connectivity index (χ4v) is 2.70. The highest BCUT2D eigenvalue weighted by molar-refractivity contribution is 6.34. The van der Waals surface area contributed by atoms with E-state index >= 15 is 0 Å². The Kier molecular flexibility index (Phi) is 3.52. The van der Waals surface area contributed by atoms with Crippen molar-refractivity contribution in [3.8, 4) is 0 Å². The molecule has 0 aliphatic rings. The average molecular weight is 301 g/mol. The number of aliphatic hydroxyl groups is 1. The number of furan rings is 1. The maximum atomic E-state index is 10.9. The van der Waals surface area contributed by atoms with Crippen molar-refractivity contribution in [2.24, 2.45) is 0 Å². The molecule has 1 aromatic heterocycles. The molecule has 0 saturated heterocycles. The van der Waals surface area contributed by atoms with Gasteiger partial charge in [0.05, 0.1) is 5.02 Å². The topological polar surface area (TPSA) is 33.4 Å². The second kappa shape index (κ2) is 5.21. The van der Waals surface area contributed by atoms with Crippen molar-refractivity contribution in [1.29, 1.82) is 0 Å². The SMILES string of the molecule is CCc1ccc(C(C)(O)c2cc3cccc(Cl)c3o2)cc1. The molecule has 0 aliphatic heterocycles. The Morgan fingerprint density at radius 3 is 2.48 bits per heavy atom. The average Bonchev–Trinajstić information content (AvgIpc) is 2.94. The maximum Gasteiger partial charge on any atom is 0.153 e. The highest BCUT2D eigenvalue weighted by Crippen LogP contribution is 2.35. The molecule has 0 saturated carbocycles. The summed E-state index contributed by atoms with van der Waals surface area (Å²) in [6, 6.07) is 15.3. The summed E-state index contributed by atoms with van der Waals surface area (Å²) in [5, 5.41) is 12.3. The number of fused-ring (bicyclic) bond motifs is 1. The Morgan fingerprint density at radius 2 is 1.86 bits per heavy atom. The molecule has 0 fully saturated rings. The zero-order valence-corrected chi connectivity index (χ0v) is 12.8. The Morgan fingerprint density at radius 1 is 1.14 bits per heavy atom. The second-order valence-corrected chi connectivity index (χ2v) is 5.80. The van der Waals surface area contributed by atoms with E-state index in [2.05, 4.69) is 6.92 Å². The molecular formula is C18H17ClO2. The van der Waals surface area contributed by atoms with Gasteiger partial charge in [-0.1, -0.05) is 54.9 Å². The predicted molar refractivity (Wildman–Crippen MR) is 85.7 cm³/mol. The Labute approximate surface area is 129 Å². The summed E-state index contributed by atoms with van der Waals surface area (Å²) in [5.74, 6) is 0.495. The molecule has 1 N–H and O–H groups in total. The van der Waals surface area contributed by atoms with Crippen LogP contribution < -0.4 is 0 Å². The molecule has 21 heavy (non-hydrogen) atoms. The summed E-state index contributed by atoms with van der Waals surface area (Å²) in [6.45, 7) is 3.84. The van der Waals surface area contributed by atoms with Crippen molar-refractivity contribution in [3.05, 3.63) is 70.4 Å². The highest BCUT2D eigenvalue weighted by Gasteiger charge is 2.30. The minimum absolute atomic E-state index is 0.495. The standard InChI is InChI=1S/C18H17ClO2/c1-3-12-7-9-14(10-8-12)18(2,20)16-11-13-5-4-6-15(19)17(13)21-16/h4-11,20H,3H2,1-2H3. The van der Waals surface area contributed by atoms with Crippen LogP contribution in [0.25, 0.3) is 11.0 Å². The van der Waals surface area contributed by atoms with E-state index in [1.54, 1.807) is 13.0 Å². The number of para-hydroxylation sites is 1. The number of benzene rings is 2. The Hall–Kier alpha value is -1.77. The molecule has 0 radical (unpaired) electrons. The third kappa shape index (κ3) is 2.45. The lowest BCUT2D eigenvalue weighted by atomic mass is 9.92. The minimum Gasteiger partial charge on any atom is -0.456 e. The summed E-state index contributed by atoms with van der Waals surface area (Å²) < 4.78 is 5.79. The summed E-state index contributed by atoms with van der Waals surface area (Å²) in [4.78, 5) is 0. The van der Waals surface area contributed by atoms with Gasteiger partial charge in [0.1, 0.15) is 11.4 Å². The van der Waals surface area contributed by atoms with Gasteiger partial charge in [-0.3, -0.25) is 0 Å². The molecule has 0 bridgehead atoms. The Bertz CT molecular complexity index is 770. The number of halogens is 1. The van der Waals surface area contributed by atoms with E-state index in [1.807, 2.05) is 42.5 Å². The monoisotopic (exact) mass is 300 g/mol. The van der Waals surface area contributed by atoms with Gasteiger partial charge in [0, 0.05) is 5.39 Å². The van der Waals surface area contributed by atoms with Gasteiger partial charge in [0.25, 0.3) is 0 Å². The van der Waals surface area contributed by atoms with Gasteiger partial charge in [0.2, 0.25) is 0 Å². The lowest BCUT2D eigenvalue weighted by molar-refractivity contribution is 0.0786. The van der Waals surface area contributed by atoms with Crippen molar-refractivity contribution >= 4 is 22.6 Å². The zero-order valence-electron chi connectivity index (χ0n) is 12.1. The molecule has 1 atom stereocenters. The summed E-state index contributed by atoms with van der Waals surface area (Å²) in [6.07, 6.45) is 0.975. The van der Waals surface area contributed by atoms with E-state index in [1.165, 1.54) is 5.56 Å². The first kappa shape index (κ1) is 14.2. The smallest absolute Gasteiger partial charge is 0.153 e. The van der Waals surface area contributed by atoms with E-state index in [0.717, 1.165) is 17.4 Å². The summed E-state index contributed by atoms with van der Waals surface area (Å²) in [7, 11) is 0. The van der Waals surface area contributed by atoms with Gasteiger partial charge in [-0.2, -0.15) is 0 Å². The second-order valence-electron chi connectivity index (χ2n) is 5.39. The molecule has 0 aliphatic carbocycles. The van der Waals surface area contributed by atoms with Gasteiger partial charge in [-0.05, 0) is 36.6 Å². The molecule has 2 nitrogen and oxygen atoms in total. The van der Waals surface area contributed by atoms with Crippen molar-refractivity contribution in [3.63, 3.8) is 0 Å². The summed E-state index contributed by atoms with van der Waals surface area (Å²) in [5.41, 5.74) is 1.46. The fraction of sp³-hybridized carbons (Fsp3) is 0.222. The Balaban J connectivity index is 2.07. The van der Waals surface area contributed by atoms with E-state index in [4.69, 9.17) is 16.0 Å². The molecule has 3 rings (SSSR count). The first-order valence-corrected chi connectivity index (χ1v) is 7.40. The van der Waals surface area contributed by atoms with Crippen LogP contribution in [0.4, 0.5) is 0 Å². The number of rotatable bonds is 3. The third-order valence-electron chi connectivity index (χ3n) is 3.90. The lowest BCUT2D eigenvalue weighted by Gasteiger charge is -2.21. The molecule has 1 heterocycles. The van der Waals surface area contributed by atoms with Crippen LogP contribution >= 0.6 is 11.6 Å². The molecule has 0 spiro atoms. The van der Waals surface area contributed by atoms with Gasteiger partial charge >= 0.3 is 0 Å². The van der Waals surface area contributed by atoms with Crippen LogP contribution in [0.15, 0.2) is 52.9 Å². The van der Waals surface area contributed by atoms with E-state index < -0.39 is 5.60 Å². The predicted octanol–water partition coefficient (Wildman–Crippen LogP) is 4.90. The summed E-state index contributed by atoms with van der Waals surface area (Å²) >= 11 is 6.13. The number of aryl methyl sites for hydroxylation is 1. The van der Waals surface area contributed by atoms with E-state index in [0.29, 0.717) is 16.4 Å². The molecule has 108 valence electrons. The van der Waals surface area contributed by atoms with Crippen LogP contribution in [0.3, 0.4) is 0 Å². The third-order valence-corrected chi connectivity index (χ3v) is 4.20. The molecule has 0 amide bonds. The van der Waals surface area contributed by atoms with Crippen molar-refractivity contribution in [2.75, 3.05) is 0 Å². The van der Waals surface area contributed by atoms with Gasteiger partial charge < -0.3 is 9.52 Å². The normalized spacial score (nSPS) is 14.3. The van der Waals surface area contributed by atoms with Gasteiger partial charge in [0.15, 0.2) is 5.58 Å². The van der Waals surface area contributed by atoms with Gasteiger partial charge in [-0.15, -0.1) is 0 Å². The van der Waals surface area contributed by atoms with Crippen LogP contribution in [0.1, 0.15) is 30.7 Å². The van der Waals surface area contributed by atoms with E-state index in [9.17, 15) is 5.11 Å². The molecule has 3 heteroatoms. The van der Waals surface area contributed by atoms with Crippen molar-refractivity contribution in [1.82, 2.24) is 0 Å². The van der Waals surface area contributed by atoms with Crippen molar-refractivity contribution < 1.29 is 9.52 Å². The fourth-order valence-electron chi connectivity index (χ4n) is 2.47. The van der Waals surface area contributed by atoms with Crippen molar-refractivity contribution in [2.45, 2.75) is 25.9 Å². The van der Waals surface area contributed by atoms with Crippen LogP contribution in [-0.2, 0) is 12.0 Å². The lowest BCUT2D eigenvalue weighted by Crippen LogP contribution is -2.21. The van der Waals surface area contributed by atoms with Crippen LogP contribution in [0.5, 0.6) is 0 Å². The first-order valence-electron chi connectivity index (χ1n) is 7.02. The number of hydrogen-bond donors (Lipinski definition) is 1. The highest BCUT2D eigenvalue weighted by atomic mass is 35.5. The van der Waals surface area contributed by atoms with Crippen LogP contribution in [0.2, 0.25) is 5.02 Å². The van der Waals surface area contributed by atoms with E-state index in [-0.39, 0.29) is 0 Å². The quantitative estimate of drug-likeness (QED) is 0.746. The molecule has 3 aromatic rings. The number of hydrogen-bond acceptors (Lipinski definition) is 2. The van der Waals surface area contributed by atoms with Crippen LogP contribution in [-0.4, -0.2) is 5.11 Å². The largest absolute Gasteiger partial charge is 0.456 e. The zero-order chi connectivity index (χ0) is 15.0.